The summed E-state index contributed by atoms with van der Waals surface area (Å²) in [5, 5.41) is 6.96. The Balaban J connectivity index is 2.38. The summed E-state index contributed by atoms with van der Waals surface area (Å²) in [5.74, 6) is -0.0635. The first-order valence-corrected chi connectivity index (χ1v) is 6.06. The second-order valence-electron chi connectivity index (χ2n) is 4.39. The van der Waals surface area contributed by atoms with Gasteiger partial charge in [-0.1, -0.05) is 13.8 Å². The minimum Gasteiger partial charge on any atom is -0.354 e. The zero-order chi connectivity index (χ0) is 12.9. The molecule has 96 valence electrons. The maximum absolute atomic E-state index is 11.9. The van der Waals surface area contributed by atoms with E-state index in [1.165, 1.54) is 0 Å². The van der Waals surface area contributed by atoms with E-state index in [-0.39, 0.29) is 5.91 Å². The van der Waals surface area contributed by atoms with Gasteiger partial charge in [-0.15, -0.1) is 0 Å². The minimum absolute atomic E-state index is 0.0635. The molecule has 0 aliphatic carbocycles. The number of aromatic nitrogens is 2. The minimum atomic E-state index is -0.727. The lowest BCUT2D eigenvalue weighted by molar-refractivity contribution is -0.126. The highest BCUT2D eigenvalue weighted by molar-refractivity contribution is 5.85. The van der Waals surface area contributed by atoms with Crippen LogP contribution in [0.4, 0.5) is 0 Å². The van der Waals surface area contributed by atoms with Gasteiger partial charge in [0.2, 0.25) is 5.91 Å². The number of carbonyl (C=O) groups excluding carboxylic acids is 1. The summed E-state index contributed by atoms with van der Waals surface area (Å²) in [7, 11) is 1.88. The average molecular weight is 238 g/mol. The lowest BCUT2D eigenvalue weighted by Crippen LogP contribution is -2.53. The fourth-order valence-corrected chi connectivity index (χ4v) is 1.67. The Morgan fingerprint density at radius 1 is 1.53 bits per heavy atom. The maximum Gasteiger partial charge on any atom is 0.240 e. The molecule has 0 saturated carbocycles. The van der Waals surface area contributed by atoms with Crippen molar-refractivity contribution in [1.29, 1.82) is 0 Å². The van der Waals surface area contributed by atoms with Gasteiger partial charge in [0, 0.05) is 19.8 Å². The molecule has 5 nitrogen and oxygen atoms in total. The lowest BCUT2D eigenvalue weighted by Gasteiger charge is -2.25. The van der Waals surface area contributed by atoms with Crippen molar-refractivity contribution in [3.8, 4) is 0 Å². The zero-order valence-electron chi connectivity index (χ0n) is 10.9. The molecule has 0 aromatic carbocycles. The normalized spacial score (nSPS) is 11.5. The highest BCUT2D eigenvalue weighted by atomic mass is 16.2. The molecule has 3 N–H and O–H groups in total. The number of hydrogen-bond donors (Lipinski definition) is 2. The van der Waals surface area contributed by atoms with Gasteiger partial charge in [0.25, 0.3) is 0 Å². The molecule has 1 heterocycles. The Morgan fingerprint density at radius 3 is 2.65 bits per heavy atom. The van der Waals surface area contributed by atoms with Crippen LogP contribution in [0.3, 0.4) is 0 Å². The molecular weight excluding hydrogens is 216 g/mol. The first kappa shape index (κ1) is 13.7. The zero-order valence-corrected chi connectivity index (χ0v) is 10.9. The standard InChI is InChI=1S/C12H22N4O/c1-4-12(13,5-2)11(17)14-7-6-10-8-15-16(3)9-10/h8-9H,4-7,13H2,1-3H3,(H,14,17). The summed E-state index contributed by atoms with van der Waals surface area (Å²) >= 11 is 0. The van der Waals surface area contributed by atoms with E-state index >= 15 is 0 Å². The van der Waals surface area contributed by atoms with E-state index in [1.807, 2.05) is 33.3 Å². The van der Waals surface area contributed by atoms with Gasteiger partial charge in [0.15, 0.2) is 0 Å². The molecule has 1 rings (SSSR count). The first-order valence-electron chi connectivity index (χ1n) is 6.06. The average Bonchev–Trinajstić information content (AvgIpc) is 2.74. The van der Waals surface area contributed by atoms with Crippen molar-refractivity contribution >= 4 is 5.91 Å². The van der Waals surface area contributed by atoms with Gasteiger partial charge < -0.3 is 11.1 Å². The summed E-state index contributed by atoms with van der Waals surface area (Å²) < 4.78 is 1.75. The summed E-state index contributed by atoms with van der Waals surface area (Å²) in [6.45, 7) is 4.47. The molecule has 1 amide bonds. The summed E-state index contributed by atoms with van der Waals surface area (Å²) in [6, 6.07) is 0. The third-order valence-corrected chi connectivity index (χ3v) is 3.17. The highest BCUT2D eigenvalue weighted by Crippen LogP contribution is 2.10. The molecule has 17 heavy (non-hydrogen) atoms. The molecule has 0 saturated heterocycles. The van der Waals surface area contributed by atoms with E-state index in [0.717, 1.165) is 12.0 Å². The van der Waals surface area contributed by atoms with Crippen molar-refractivity contribution in [3.05, 3.63) is 18.0 Å². The summed E-state index contributed by atoms with van der Waals surface area (Å²) in [6.07, 6.45) is 5.84. The fraction of sp³-hybridized carbons (Fsp3) is 0.667. The summed E-state index contributed by atoms with van der Waals surface area (Å²) in [5.41, 5.74) is 6.38. The predicted octanol–water partition coefficient (Wildman–Crippen LogP) is 0.596. The molecule has 5 heteroatoms. The maximum atomic E-state index is 11.9. The third-order valence-electron chi connectivity index (χ3n) is 3.17. The van der Waals surface area contributed by atoms with Crippen LogP contribution in [-0.4, -0.2) is 27.8 Å². The van der Waals surface area contributed by atoms with E-state index in [4.69, 9.17) is 5.73 Å². The van der Waals surface area contributed by atoms with Crippen molar-refractivity contribution in [2.75, 3.05) is 6.54 Å². The van der Waals surface area contributed by atoms with Crippen LogP contribution in [-0.2, 0) is 18.3 Å². The molecule has 0 radical (unpaired) electrons. The fourth-order valence-electron chi connectivity index (χ4n) is 1.67. The first-order chi connectivity index (χ1) is 8.01. The van der Waals surface area contributed by atoms with Crippen LogP contribution >= 0.6 is 0 Å². The number of nitrogens with two attached hydrogens (primary N) is 1. The van der Waals surface area contributed by atoms with E-state index in [1.54, 1.807) is 4.68 Å². The molecule has 0 bridgehead atoms. The number of hydrogen-bond acceptors (Lipinski definition) is 3. The third kappa shape index (κ3) is 3.56. The highest BCUT2D eigenvalue weighted by Gasteiger charge is 2.29. The second kappa shape index (κ2) is 5.82. The SMILES string of the molecule is CCC(N)(CC)C(=O)NCCc1cnn(C)c1. The Bertz CT molecular complexity index is 368. The van der Waals surface area contributed by atoms with E-state index in [0.29, 0.717) is 19.4 Å². The monoisotopic (exact) mass is 238 g/mol. The number of rotatable bonds is 6. The van der Waals surface area contributed by atoms with Gasteiger partial charge in [-0.2, -0.15) is 5.10 Å². The molecule has 1 aromatic heterocycles. The van der Waals surface area contributed by atoms with Crippen molar-refractivity contribution in [3.63, 3.8) is 0 Å². The lowest BCUT2D eigenvalue weighted by atomic mass is 9.93. The summed E-state index contributed by atoms with van der Waals surface area (Å²) in [4.78, 5) is 11.9. The van der Waals surface area contributed by atoms with Gasteiger partial charge in [-0.25, -0.2) is 0 Å². The van der Waals surface area contributed by atoms with Crippen LogP contribution < -0.4 is 11.1 Å². The molecule has 1 aromatic rings. The van der Waals surface area contributed by atoms with Gasteiger partial charge in [-0.3, -0.25) is 9.48 Å². The molecule has 0 unspecified atom stereocenters. The Hall–Kier alpha value is -1.36. The van der Waals surface area contributed by atoms with Gasteiger partial charge in [-0.05, 0) is 24.8 Å². The molecule has 0 fully saturated rings. The molecular formula is C12H22N4O. The van der Waals surface area contributed by atoms with Gasteiger partial charge in [0.1, 0.15) is 0 Å². The Kier molecular flexibility index (Phi) is 4.69. The quantitative estimate of drug-likeness (QED) is 0.762. The largest absolute Gasteiger partial charge is 0.354 e. The van der Waals surface area contributed by atoms with Crippen molar-refractivity contribution in [2.24, 2.45) is 12.8 Å². The van der Waals surface area contributed by atoms with E-state index < -0.39 is 5.54 Å². The van der Waals surface area contributed by atoms with Crippen LogP contribution in [0.1, 0.15) is 32.3 Å². The second-order valence-corrected chi connectivity index (χ2v) is 4.39. The molecule has 0 aliphatic rings. The predicted molar refractivity (Wildman–Crippen MR) is 67.4 cm³/mol. The van der Waals surface area contributed by atoms with E-state index in [9.17, 15) is 4.79 Å². The Labute approximate surface area is 102 Å². The van der Waals surface area contributed by atoms with Crippen molar-refractivity contribution < 1.29 is 4.79 Å². The van der Waals surface area contributed by atoms with Crippen LogP contribution in [0.15, 0.2) is 12.4 Å². The Morgan fingerprint density at radius 2 is 2.18 bits per heavy atom. The van der Waals surface area contributed by atoms with Gasteiger partial charge >= 0.3 is 0 Å². The van der Waals surface area contributed by atoms with E-state index in [2.05, 4.69) is 10.4 Å². The smallest absolute Gasteiger partial charge is 0.240 e. The number of nitrogens with one attached hydrogen (secondary N) is 1. The van der Waals surface area contributed by atoms with Crippen LogP contribution in [0.5, 0.6) is 0 Å². The molecule has 0 spiro atoms. The van der Waals surface area contributed by atoms with Crippen molar-refractivity contribution in [1.82, 2.24) is 15.1 Å². The van der Waals surface area contributed by atoms with Crippen molar-refractivity contribution in [2.45, 2.75) is 38.6 Å². The number of carbonyl (C=O) groups is 1. The van der Waals surface area contributed by atoms with Crippen LogP contribution in [0, 0.1) is 0 Å². The molecule has 0 atom stereocenters. The molecule has 0 aliphatic heterocycles. The number of nitrogens with zero attached hydrogens (tertiary/aromatic N) is 2. The van der Waals surface area contributed by atoms with Gasteiger partial charge in [0.05, 0.1) is 11.7 Å². The topological polar surface area (TPSA) is 72.9 Å². The van der Waals surface area contributed by atoms with Crippen LogP contribution in [0.2, 0.25) is 0 Å². The number of amides is 1. The number of aryl methyl sites for hydroxylation is 1. The van der Waals surface area contributed by atoms with Crippen LogP contribution in [0.25, 0.3) is 0 Å².